The van der Waals surface area contributed by atoms with E-state index in [9.17, 15) is 15.2 Å². The summed E-state index contributed by atoms with van der Waals surface area (Å²) in [6.07, 6.45) is 3.34. The van der Waals surface area contributed by atoms with Gasteiger partial charge in [-0.1, -0.05) is 55.3 Å². The van der Waals surface area contributed by atoms with Crippen molar-refractivity contribution in [3.8, 4) is 6.07 Å². The fourth-order valence-electron chi connectivity index (χ4n) is 4.02. The number of aromatic amines is 1. The number of imidazole rings is 1. The number of aliphatic hydroxyl groups is 1. The number of para-hydroxylation sites is 2. The number of hydrogen-bond acceptors (Lipinski definition) is 5. The van der Waals surface area contributed by atoms with E-state index < -0.39 is 5.41 Å². The van der Waals surface area contributed by atoms with Gasteiger partial charge >= 0.3 is 5.97 Å². The van der Waals surface area contributed by atoms with Gasteiger partial charge in [0, 0.05) is 0 Å². The van der Waals surface area contributed by atoms with Crippen LogP contribution in [0.2, 0.25) is 0 Å². The van der Waals surface area contributed by atoms with Crippen LogP contribution in [0.3, 0.4) is 0 Å². The normalized spacial score (nSPS) is 16.2. The number of H-pyrrole nitrogens is 1. The number of carbonyl (C=O) groups is 1. The van der Waals surface area contributed by atoms with Crippen LogP contribution in [0.15, 0.2) is 60.4 Å². The zero-order valence-corrected chi connectivity index (χ0v) is 15.9. The second-order valence-electron chi connectivity index (χ2n) is 7.27. The Hall–Kier alpha value is -3.59. The third-order valence-electron chi connectivity index (χ3n) is 5.54. The third-order valence-corrected chi connectivity index (χ3v) is 5.54. The average molecular weight is 387 g/mol. The van der Waals surface area contributed by atoms with Crippen LogP contribution in [0.25, 0.3) is 16.6 Å². The van der Waals surface area contributed by atoms with E-state index in [1.54, 1.807) is 0 Å². The van der Waals surface area contributed by atoms with Crippen LogP contribution in [-0.2, 0) is 14.9 Å². The van der Waals surface area contributed by atoms with Gasteiger partial charge < -0.3 is 14.8 Å². The molecule has 1 fully saturated rings. The van der Waals surface area contributed by atoms with E-state index in [-0.39, 0.29) is 29.7 Å². The molecule has 0 spiro atoms. The van der Waals surface area contributed by atoms with Gasteiger partial charge in [-0.2, -0.15) is 5.26 Å². The maximum Gasteiger partial charge on any atom is 0.317 e. The number of nitrogens with one attached hydrogen (secondary N) is 1. The standard InChI is InChI=1S/C23H21N3O3/c24-14-17(21-25-18-10-4-5-11-19(18)26-21)20(27)15-29-22(28)23(12-6-7-13-23)16-8-2-1-3-9-16/h1-5,8-11,27H,6-7,12-13,15H2,(H,25,26)/b20-17-. The number of benzene rings is 2. The summed E-state index contributed by atoms with van der Waals surface area (Å²) in [5, 5.41) is 20.0. The summed E-state index contributed by atoms with van der Waals surface area (Å²) in [7, 11) is 0. The van der Waals surface area contributed by atoms with Gasteiger partial charge in [0.25, 0.3) is 0 Å². The summed E-state index contributed by atoms with van der Waals surface area (Å²) in [5.74, 6) is -0.434. The first-order valence-corrected chi connectivity index (χ1v) is 9.64. The highest BCUT2D eigenvalue weighted by atomic mass is 16.5. The molecule has 6 nitrogen and oxygen atoms in total. The number of esters is 1. The van der Waals surface area contributed by atoms with Crippen molar-refractivity contribution in [1.29, 1.82) is 5.26 Å². The Morgan fingerprint density at radius 2 is 1.83 bits per heavy atom. The summed E-state index contributed by atoms with van der Waals surface area (Å²) in [6.45, 7) is -0.368. The van der Waals surface area contributed by atoms with Gasteiger partial charge in [0.1, 0.15) is 18.2 Å². The molecule has 0 saturated heterocycles. The van der Waals surface area contributed by atoms with Crippen molar-refractivity contribution in [2.24, 2.45) is 0 Å². The van der Waals surface area contributed by atoms with Gasteiger partial charge in [-0.05, 0) is 30.5 Å². The number of rotatable bonds is 5. The van der Waals surface area contributed by atoms with Crippen LogP contribution in [0.4, 0.5) is 0 Å². The summed E-state index contributed by atoms with van der Waals surface area (Å²) in [5.41, 5.74) is 1.66. The predicted octanol–water partition coefficient (Wildman–Crippen LogP) is 4.41. The third kappa shape index (κ3) is 3.47. The van der Waals surface area contributed by atoms with E-state index in [1.165, 1.54) is 0 Å². The molecule has 1 aliphatic rings. The molecule has 0 bridgehead atoms. The molecule has 29 heavy (non-hydrogen) atoms. The van der Waals surface area contributed by atoms with Gasteiger partial charge in [0.05, 0.1) is 16.4 Å². The Labute approximate surface area is 168 Å². The molecule has 3 aromatic rings. The van der Waals surface area contributed by atoms with E-state index in [1.807, 2.05) is 60.7 Å². The Balaban J connectivity index is 1.56. The molecule has 0 amide bonds. The number of ether oxygens (including phenoxy) is 1. The highest BCUT2D eigenvalue weighted by Crippen LogP contribution is 2.42. The van der Waals surface area contributed by atoms with Crippen molar-refractivity contribution in [3.63, 3.8) is 0 Å². The molecular formula is C23H21N3O3. The number of nitrogens with zero attached hydrogens (tertiary/aromatic N) is 2. The zero-order chi connectivity index (χ0) is 20.3. The molecule has 1 heterocycles. The van der Waals surface area contributed by atoms with Gasteiger partial charge in [0.15, 0.2) is 11.6 Å². The van der Waals surface area contributed by atoms with E-state index in [0.717, 1.165) is 36.8 Å². The second kappa shape index (κ2) is 7.80. The molecular weight excluding hydrogens is 366 g/mol. The lowest BCUT2D eigenvalue weighted by molar-refractivity contribution is -0.150. The van der Waals surface area contributed by atoms with E-state index in [0.29, 0.717) is 5.52 Å². The number of nitriles is 1. The molecule has 0 radical (unpaired) electrons. The monoisotopic (exact) mass is 387 g/mol. The highest BCUT2D eigenvalue weighted by molar-refractivity contribution is 5.85. The van der Waals surface area contributed by atoms with Crippen LogP contribution in [0.5, 0.6) is 0 Å². The van der Waals surface area contributed by atoms with Gasteiger partial charge in [-0.25, -0.2) is 4.98 Å². The lowest BCUT2D eigenvalue weighted by atomic mass is 9.79. The Morgan fingerprint density at radius 3 is 2.52 bits per heavy atom. The number of hydrogen-bond donors (Lipinski definition) is 2. The molecule has 6 heteroatoms. The number of allylic oxidation sites excluding steroid dienone is 1. The van der Waals surface area contributed by atoms with Crippen molar-refractivity contribution in [3.05, 3.63) is 71.7 Å². The minimum Gasteiger partial charge on any atom is -0.507 e. The molecule has 0 aliphatic heterocycles. The Bertz CT molecular complexity index is 1070. The maximum absolute atomic E-state index is 13.0. The minimum atomic E-state index is -0.687. The van der Waals surface area contributed by atoms with E-state index in [2.05, 4.69) is 9.97 Å². The number of carbonyl (C=O) groups excluding carboxylic acids is 1. The van der Waals surface area contributed by atoms with Gasteiger partial charge in [-0.3, -0.25) is 4.79 Å². The summed E-state index contributed by atoms with van der Waals surface area (Å²) < 4.78 is 5.48. The highest BCUT2D eigenvalue weighted by Gasteiger charge is 2.44. The number of aliphatic hydroxyl groups excluding tert-OH is 1. The first-order chi connectivity index (χ1) is 14.1. The molecule has 4 rings (SSSR count). The molecule has 1 aromatic heterocycles. The quantitative estimate of drug-likeness (QED) is 0.384. The largest absolute Gasteiger partial charge is 0.507 e. The van der Waals surface area contributed by atoms with E-state index in [4.69, 9.17) is 4.74 Å². The molecule has 0 unspecified atom stereocenters. The maximum atomic E-state index is 13.0. The van der Waals surface area contributed by atoms with Crippen molar-refractivity contribution < 1.29 is 14.6 Å². The van der Waals surface area contributed by atoms with Crippen LogP contribution in [0.1, 0.15) is 37.1 Å². The first kappa shape index (κ1) is 18.8. The molecule has 2 N–H and O–H groups in total. The fraction of sp³-hybridized carbons (Fsp3) is 0.261. The second-order valence-corrected chi connectivity index (χ2v) is 7.27. The summed E-state index contributed by atoms with van der Waals surface area (Å²) in [4.78, 5) is 20.3. The Kier molecular flexibility index (Phi) is 5.05. The smallest absolute Gasteiger partial charge is 0.317 e. The van der Waals surface area contributed by atoms with Crippen LogP contribution in [-0.4, -0.2) is 27.7 Å². The SMILES string of the molecule is N#C/C(=C(/O)COC(=O)C1(c2ccccc2)CCCC1)c1nc2ccccc2[nH]1. The topological polar surface area (TPSA) is 99.0 Å². The Morgan fingerprint density at radius 1 is 1.14 bits per heavy atom. The van der Waals surface area contributed by atoms with Crippen molar-refractivity contribution >= 4 is 22.6 Å². The van der Waals surface area contributed by atoms with Gasteiger partial charge in [-0.15, -0.1) is 0 Å². The zero-order valence-electron chi connectivity index (χ0n) is 15.9. The number of fused-ring (bicyclic) bond motifs is 1. The van der Waals surface area contributed by atoms with Crippen molar-refractivity contribution in [2.75, 3.05) is 6.61 Å². The van der Waals surface area contributed by atoms with Crippen LogP contribution < -0.4 is 0 Å². The molecule has 1 saturated carbocycles. The lowest BCUT2D eigenvalue weighted by Crippen LogP contribution is -2.35. The predicted molar refractivity (Wildman–Crippen MR) is 109 cm³/mol. The lowest BCUT2D eigenvalue weighted by Gasteiger charge is -2.27. The minimum absolute atomic E-state index is 0.0332. The van der Waals surface area contributed by atoms with E-state index >= 15 is 0 Å². The number of aromatic nitrogens is 2. The molecule has 146 valence electrons. The van der Waals surface area contributed by atoms with Crippen molar-refractivity contribution in [1.82, 2.24) is 9.97 Å². The average Bonchev–Trinajstić information content (AvgIpc) is 3.41. The molecule has 0 atom stereocenters. The van der Waals surface area contributed by atoms with Crippen LogP contribution >= 0.6 is 0 Å². The fourth-order valence-corrected chi connectivity index (χ4v) is 4.02. The van der Waals surface area contributed by atoms with Crippen LogP contribution in [0, 0.1) is 11.3 Å². The summed E-state index contributed by atoms with van der Waals surface area (Å²) in [6, 6.07) is 18.9. The molecule has 2 aromatic carbocycles. The van der Waals surface area contributed by atoms with Crippen molar-refractivity contribution in [2.45, 2.75) is 31.1 Å². The summed E-state index contributed by atoms with van der Waals surface area (Å²) >= 11 is 0. The van der Waals surface area contributed by atoms with Gasteiger partial charge in [0.2, 0.25) is 0 Å². The first-order valence-electron chi connectivity index (χ1n) is 9.64. The molecule has 1 aliphatic carbocycles.